The van der Waals surface area contributed by atoms with Gasteiger partial charge in [-0.2, -0.15) is 18.3 Å². The van der Waals surface area contributed by atoms with E-state index < -0.39 is 29.3 Å². The van der Waals surface area contributed by atoms with Crippen molar-refractivity contribution >= 4 is 11.8 Å². The molecular formula is C26H36F3N5O4. The predicted molar refractivity (Wildman–Crippen MR) is 134 cm³/mol. The molecule has 210 valence electrons. The lowest BCUT2D eigenvalue weighted by atomic mass is 10.1. The summed E-state index contributed by atoms with van der Waals surface area (Å²) in [4.78, 5) is 31.9. The SMILES string of the molecule is COCCN(C)C(=O)[C@H](COC(C)(C)C)NC(=O)c1cc(-c2ncccc2C(F)(F)F)n(C2CCCC2)n1. The van der Waals surface area contributed by atoms with Gasteiger partial charge in [0.25, 0.3) is 5.91 Å². The summed E-state index contributed by atoms with van der Waals surface area (Å²) in [5, 5.41) is 7.09. The molecular weight excluding hydrogens is 503 g/mol. The van der Waals surface area contributed by atoms with E-state index in [1.807, 2.05) is 20.8 Å². The Balaban J connectivity index is 1.95. The van der Waals surface area contributed by atoms with Crippen molar-refractivity contribution in [2.75, 3.05) is 33.9 Å². The van der Waals surface area contributed by atoms with Crippen LogP contribution in [0.3, 0.4) is 0 Å². The van der Waals surface area contributed by atoms with Crippen LogP contribution in [0.4, 0.5) is 13.2 Å². The molecule has 1 aliphatic rings. The Kier molecular flexibility index (Phi) is 9.53. The van der Waals surface area contributed by atoms with E-state index in [2.05, 4.69) is 15.4 Å². The van der Waals surface area contributed by atoms with Gasteiger partial charge >= 0.3 is 6.18 Å². The Morgan fingerprint density at radius 1 is 1.24 bits per heavy atom. The molecule has 2 heterocycles. The van der Waals surface area contributed by atoms with E-state index in [1.165, 1.54) is 35.0 Å². The van der Waals surface area contributed by atoms with Gasteiger partial charge in [0, 0.05) is 26.9 Å². The van der Waals surface area contributed by atoms with Crippen LogP contribution >= 0.6 is 0 Å². The number of carbonyl (C=O) groups excluding carboxylic acids is 2. The molecule has 0 radical (unpaired) electrons. The lowest BCUT2D eigenvalue weighted by Gasteiger charge is -2.27. The van der Waals surface area contributed by atoms with E-state index in [4.69, 9.17) is 9.47 Å². The highest BCUT2D eigenvalue weighted by Gasteiger charge is 2.37. The van der Waals surface area contributed by atoms with Crippen molar-refractivity contribution in [2.24, 2.45) is 0 Å². The third-order valence-electron chi connectivity index (χ3n) is 6.29. The van der Waals surface area contributed by atoms with Crippen molar-refractivity contribution in [3.05, 3.63) is 35.7 Å². The number of likely N-dealkylation sites (N-methyl/N-ethyl adjacent to an activating group) is 1. The molecule has 0 unspecified atom stereocenters. The molecule has 1 N–H and O–H groups in total. The molecule has 0 aliphatic heterocycles. The number of pyridine rings is 1. The molecule has 38 heavy (non-hydrogen) atoms. The number of hydrogen-bond donors (Lipinski definition) is 1. The lowest BCUT2D eigenvalue weighted by molar-refractivity contribution is -0.137. The topological polar surface area (TPSA) is 98.6 Å². The van der Waals surface area contributed by atoms with Crippen molar-refractivity contribution in [3.8, 4) is 11.4 Å². The van der Waals surface area contributed by atoms with E-state index >= 15 is 0 Å². The quantitative estimate of drug-likeness (QED) is 0.488. The zero-order valence-corrected chi connectivity index (χ0v) is 22.5. The first-order valence-electron chi connectivity index (χ1n) is 12.6. The molecule has 0 aromatic carbocycles. The second-order valence-electron chi connectivity index (χ2n) is 10.4. The fourth-order valence-electron chi connectivity index (χ4n) is 4.29. The van der Waals surface area contributed by atoms with E-state index in [-0.39, 0.29) is 35.6 Å². The minimum Gasteiger partial charge on any atom is -0.383 e. The summed E-state index contributed by atoms with van der Waals surface area (Å²) in [6.07, 6.45) is -0.0671. The van der Waals surface area contributed by atoms with Crippen LogP contribution in [0.2, 0.25) is 0 Å². The zero-order chi connectivity index (χ0) is 28.1. The average Bonchev–Trinajstić information content (AvgIpc) is 3.53. The normalized spacial score (nSPS) is 15.5. The molecule has 9 nitrogen and oxygen atoms in total. The van der Waals surface area contributed by atoms with E-state index in [9.17, 15) is 22.8 Å². The van der Waals surface area contributed by atoms with Crippen LogP contribution in [-0.4, -0.2) is 77.0 Å². The highest BCUT2D eigenvalue weighted by atomic mass is 19.4. The van der Waals surface area contributed by atoms with Crippen molar-refractivity contribution in [1.29, 1.82) is 0 Å². The van der Waals surface area contributed by atoms with Crippen LogP contribution in [0, 0.1) is 0 Å². The van der Waals surface area contributed by atoms with Gasteiger partial charge in [0.1, 0.15) is 11.7 Å². The van der Waals surface area contributed by atoms with Gasteiger partial charge < -0.3 is 19.7 Å². The van der Waals surface area contributed by atoms with Crippen LogP contribution in [0.5, 0.6) is 0 Å². The first kappa shape index (κ1) is 29.6. The molecule has 0 bridgehead atoms. The molecule has 0 saturated heterocycles. The van der Waals surface area contributed by atoms with Gasteiger partial charge in [-0.3, -0.25) is 19.3 Å². The number of carbonyl (C=O) groups is 2. The Morgan fingerprint density at radius 3 is 2.53 bits per heavy atom. The standard InChI is InChI=1S/C26H36F3N5O4/c1-25(2,3)38-16-20(24(36)33(4)13-14-37-5)31-23(35)19-15-21(34(32-19)17-9-6-7-10-17)22-18(26(27,28)29)11-8-12-30-22/h8,11-12,15,17,20H,6-7,9-10,13-14,16H2,1-5H3,(H,31,35)/t20-/m0/s1. The number of methoxy groups -OCH3 is 1. The summed E-state index contributed by atoms with van der Waals surface area (Å²) in [7, 11) is 3.11. The van der Waals surface area contributed by atoms with Gasteiger partial charge in [-0.1, -0.05) is 12.8 Å². The highest BCUT2D eigenvalue weighted by molar-refractivity contribution is 5.97. The van der Waals surface area contributed by atoms with Crippen molar-refractivity contribution in [2.45, 2.75) is 70.3 Å². The van der Waals surface area contributed by atoms with Crippen LogP contribution < -0.4 is 5.32 Å². The summed E-state index contributed by atoms with van der Waals surface area (Å²) < 4.78 is 53.7. The van der Waals surface area contributed by atoms with Crippen molar-refractivity contribution in [1.82, 2.24) is 25.0 Å². The fraction of sp³-hybridized carbons (Fsp3) is 0.615. The van der Waals surface area contributed by atoms with Gasteiger partial charge in [0.15, 0.2) is 5.69 Å². The Labute approximate surface area is 220 Å². The number of halogens is 3. The maximum absolute atomic E-state index is 13.8. The largest absolute Gasteiger partial charge is 0.418 e. The zero-order valence-electron chi connectivity index (χ0n) is 22.5. The van der Waals surface area contributed by atoms with Gasteiger partial charge in [-0.25, -0.2) is 0 Å². The first-order chi connectivity index (χ1) is 17.8. The average molecular weight is 540 g/mol. The van der Waals surface area contributed by atoms with Crippen molar-refractivity contribution < 1.29 is 32.2 Å². The summed E-state index contributed by atoms with van der Waals surface area (Å²) in [5.41, 5.74) is -1.75. The fourth-order valence-corrected chi connectivity index (χ4v) is 4.29. The number of alkyl halides is 3. The Hall–Kier alpha value is -2.99. The maximum atomic E-state index is 13.8. The van der Waals surface area contributed by atoms with Crippen LogP contribution in [0.25, 0.3) is 11.4 Å². The molecule has 0 spiro atoms. The number of rotatable bonds is 10. The molecule has 12 heteroatoms. The number of ether oxygens (including phenoxy) is 2. The summed E-state index contributed by atoms with van der Waals surface area (Å²) in [6.45, 7) is 5.99. The molecule has 1 fully saturated rings. The van der Waals surface area contributed by atoms with Crippen LogP contribution in [0.1, 0.15) is 68.5 Å². The first-order valence-corrected chi connectivity index (χ1v) is 12.6. The van der Waals surface area contributed by atoms with Gasteiger partial charge in [0.05, 0.1) is 36.1 Å². The lowest BCUT2D eigenvalue weighted by Crippen LogP contribution is -2.51. The van der Waals surface area contributed by atoms with Crippen molar-refractivity contribution in [3.63, 3.8) is 0 Å². The Morgan fingerprint density at radius 2 is 1.92 bits per heavy atom. The van der Waals surface area contributed by atoms with Crippen LogP contribution in [-0.2, 0) is 20.4 Å². The van der Waals surface area contributed by atoms with Gasteiger partial charge in [-0.15, -0.1) is 0 Å². The van der Waals surface area contributed by atoms with Crippen LogP contribution in [0.15, 0.2) is 24.4 Å². The third-order valence-corrected chi connectivity index (χ3v) is 6.29. The number of nitrogens with one attached hydrogen (secondary N) is 1. The van der Waals surface area contributed by atoms with E-state index in [0.717, 1.165) is 31.7 Å². The summed E-state index contributed by atoms with van der Waals surface area (Å²) in [5.74, 6) is -1.08. The molecule has 2 aromatic rings. The van der Waals surface area contributed by atoms with Gasteiger partial charge in [0.2, 0.25) is 5.91 Å². The Bertz CT molecular complexity index is 1110. The molecule has 1 atom stereocenters. The number of amides is 2. The van der Waals surface area contributed by atoms with E-state index in [0.29, 0.717) is 13.2 Å². The second kappa shape index (κ2) is 12.2. The summed E-state index contributed by atoms with van der Waals surface area (Å²) in [6, 6.07) is 2.30. The third kappa shape index (κ3) is 7.53. The number of nitrogens with zero attached hydrogens (tertiary/aromatic N) is 4. The van der Waals surface area contributed by atoms with E-state index in [1.54, 1.807) is 7.05 Å². The second-order valence-corrected chi connectivity index (χ2v) is 10.4. The molecule has 2 aromatic heterocycles. The smallest absolute Gasteiger partial charge is 0.383 e. The predicted octanol–water partition coefficient (Wildman–Crippen LogP) is 4.10. The highest BCUT2D eigenvalue weighted by Crippen LogP contribution is 2.39. The number of hydrogen-bond acceptors (Lipinski definition) is 6. The molecule has 1 saturated carbocycles. The minimum atomic E-state index is -4.63. The molecule has 1 aliphatic carbocycles. The monoisotopic (exact) mass is 539 g/mol. The summed E-state index contributed by atoms with van der Waals surface area (Å²) >= 11 is 0. The minimum absolute atomic E-state index is 0.0972. The number of aromatic nitrogens is 3. The maximum Gasteiger partial charge on any atom is 0.418 e. The molecule has 2 amide bonds. The van der Waals surface area contributed by atoms with Gasteiger partial charge in [-0.05, 0) is 51.8 Å². The molecule has 3 rings (SSSR count).